The van der Waals surface area contributed by atoms with E-state index in [0.717, 1.165) is 36.9 Å². The Bertz CT molecular complexity index is 614. The maximum Gasteiger partial charge on any atom is 0.0573 e. The lowest BCUT2D eigenvalue weighted by molar-refractivity contribution is 0.151. The van der Waals surface area contributed by atoms with Crippen LogP contribution < -0.4 is 5.32 Å². The summed E-state index contributed by atoms with van der Waals surface area (Å²) in [6, 6.07) is 12.5. The van der Waals surface area contributed by atoms with Crippen molar-refractivity contribution in [3.8, 4) is 0 Å². The van der Waals surface area contributed by atoms with Crippen LogP contribution in [0.3, 0.4) is 0 Å². The Morgan fingerprint density at radius 2 is 2.14 bits per heavy atom. The molecule has 1 unspecified atom stereocenters. The zero-order chi connectivity index (χ0) is 14.7. The van der Waals surface area contributed by atoms with Gasteiger partial charge in [-0.25, -0.2) is 0 Å². The van der Waals surface area contributed by atoms with Crippen molar-refractivity contribution in [1.82, 2.24) is 15.2 Å². The highest BCUT2D eigenvalue weighted by Crippen LogP contribution is 2.29. The van der Waals surface area contributed by atoms with Crippen LogP contribution in [0, 0.1) is 6.92 Å². The third kappa shape index (κ3) is 3.26. The van der Waals surface area contributed by atoms with Crippen molar-refractivity contribution < 1.29 is 0 Å². The molecular weight excluding hydrogens is 282 g/mol. The van der Waals surface area contributed by atoms with Gasteiger partial charge in [0, 0.05) is 43.4 Å². The van der Waals surface area contributed by atoms with Gasteiger partial charge < -0.3 is 5.32 Å². The van der Waals surface area contributed by atoms with Gasteiger partial charge in [0.25, 0.3) is 0 Å². The van der Waals surface area contributed by atoms with E-state index in [9.17, 15) is 0 Å². The highest BCUT2D eigenvalue weighted by Gasteiger charge is 2.25. The lowest BCUT2D eigenvalue weighted by Crippen LogP contribution is -2.45. The van der Waals surface area contributed by atoms with E-state index in [-0.39, 0.29) is 0 Å². The van der Waals surface area contributed by atoms with Crippen LogP contribution in [0.25, 0.3) is 0 Å². The van der Waals surface area contributed by atoms with E-state index in [2.05, 4.69) is 40.3 Å². The number of halogens is 1. The van der Waals surface area contributed by atoms with Gasteiger partial charge in [-0.05, 0) is 30.2 Å². The molecule has 0 aliphatic carbocycles. The molecule has 0 amide bonds. The van der Waals surface area contributed by atoms with Gasteiger partial charge in [-0.1, -0.05) is 35.9 Å². The maximum atomic E-state index is 6.39. The first-order valence-electron chi connectivity index (χ1n) is 7.35. The molecule has 0 bridgehead atoms. The summed E-state index contributed by atoms with van der Waals surface area (Å²) < 4.78 is 0. The number of aromatic nitrogens is 1. The van der Waals surface area contributed by atoms with E-state index < -0.39 is 0 Å². The number of hydrogen-bond donors (Lipinski definition) is 1. The van der Waals surface area contributed by atoms with Crippen LogP contribution >= 0.6 is 11.6 Å². The Kier molecular flexibility index (Phi) is 4.54. The van der Waals surface area contributed by atoms with Gasteiger partial charge >= 0.3 is 0 Å². The van der Waals surface area contributed by atoms with Gasteiger partial charge in [0.05, 0.1) is 5.69 Å². The Labute approximate surface area is 131 Å². The van der Waals surface area contributed by atoms with Crippen LogP contribution in [0.15, 0.2) is 42.6 Å². The van der Waals surface area contributed by atoms with Crippen LogP contribution in [0.2, 0.25) is 5.02 Å². The van der Waals surface area contributed by atoms with E-state index in [1.807, 2.05) is 24.4 Å². The topological polar surface area (TPSA) is 28.2 Å². The van der Waals surface area contributed by atoms with E-state index in [1.165, 1.54) is 11.1 Å². The van der Waals surface area contributed by atoms with Crippen LogP contribution in [-0.4, -0.2) is 29.5 Å². The minimum absolute atomic E-state index is 0.300. The average molecular weight is 302 g/mol. The number of aryl methyl sites for hydroxylation is 1. The number of nitrogens with one attached hydrogen (secondary N) is 1. The minimum Gasteiger partial charge on any atom is -0.314 e. The zero-order valence-electron chi connectivity index (χ0n) is 12.2. The van der Waals surface area contributed by atoms with Gasteiger partial charge in [0.2, 0.25) is 0 Å². The zero-order valence-corrected chi connectivity index (χ0v) is 13.0. The second-order valence-corrected chi connectivity index (χ2v) is 5.89. The average Bonchev–Trinajstić information content (AvgIpc) is 2.51. The molecule has 4 heteroatoms. The summed E-state index contributed by atoms with van der Waals surface area (Å²) in [4.78, 5) is 6.99. The van der Waals surface area contributed by atoms with Gasteiger partial charge in [0.1, 0.15) is 0 Å². The van der Waals surface area contributed by atoms with Crippen LogP contribution in [0.5, 0.6) is 0 Å². The molecular formula is C17H20ClN3. The first-order valence-corrected chi connectivity index (χ1v) is 7.73. The monoisotopic (exact) mass is 301 g/mol. The summed E-state index contributed by atoms with van der Waals surface area (Å²) in [5.41, 5.74) is 3.59. The van der Waals surface area contributed by atoms with E-state index in [4.69, 9.17) is 11.6 Å². The Morgan fingerprint density at radius 1 is 1.29 bits per heavy atom. The third-order valence-corrected chi connectivity index (χ3v) is 4.43. The Morgan fingerprint density at radius 3 is 2.95 bits per heavy atom. The molecule has 0 saturated carbocycles. The van der Waals surface area contributed by atoms with Crippen LogP contribution in [0.4, 0.5) is 0 Å². The summed E-state index contributed by atoms with van der Waals surface area (Å²) in [6.07, 6.45) is 1.87. The molecule has 1 aromatic carbocycles. The molecule has 0 radical (unpaired) electrons. The van der Waals surface area contributed by atoms with Crippen molar-refractivity contribution in [3.05, 3.63) is 64.4 Å². The molecule has 1 atom stereocenters. The number of hydrogen-bond acceptors (Lipinski definition) is 3. The minimum atomic E-state index is 0.300. The Balaban J connectivity index is 1.85. The molecule has 1 saturated heterocycles. The van der Waals surface area contributed by atoms with Gasteiger partial charge in [0.15, 0.2) is 0 Å². The molecule has 1 aliphatic heterocycles. The van der Waals surface area contributed by atoms with Gasteiger partial charge in [-0.3, -0.25) is 9.88 Å². The fourth-order valence-electron chi connectivity index (χ4n) is 2.86. The van der Waals surface area contributed by atoms with E-state index in [1.54, 1.807) is 0 Å². The molecule has 1 fully saturated rings. The summed E-state index contributed by atoms with van der Waals surface area (Å²) in [5, 5.41) is 4.31. The van der Waals surface area contributed by atoms with Crippen molar-refractivity contribution >= 4 is 11.6 Å². The van der Waals surface area contributed by atoms with Crippen molar-refractivity contribution in [2.45, 2.75) is 19.5 Å². The third-order valence-electron chi connectivity index (χ3n) is 4.09. The number of rotatable bonds is 3. The van der Waals surface area contributed by atoms with Gasteiger partial charge in [-0.15, -0.1) is 0 Å². The highest BCUT2D eigenvalue weighted by molar-refractivity contribution is 6.31. The predicted molar refractivity (Wildman–Crippen MR) is 86.4 cm³/mol. The predicted octanol–water partition coefficient (Wildman–Crippen LogP) is 3.19. The summed E-state index contributed by atoms with van der Waals surface area (Å²) in [5.74, 6) is 0. The largest absolute Gasteiger partial charge is 0.314 e. The second-order valence-electron chi connectivity index (χ2n) is 5.48. The molecule has 1 aromatic heterocycles. The summed E-state index contributed by atoms with van der Waals surface area (Å²) >= 11 is 6.39. The molecule has 3 rings (SSSR count). The smallest absolute Gasteiger partial charge is 0.0573 e. The molecule has 1 N–H and O–H groups in total. The number of piperazine rings is 1. The molecule has 2 aromatic rings. The van der Waals surface area contributed by atoms with Crippen LogP contribution in [0.1, 0.15) is 22.9 Å². The van der Waals surface area contributed by atoms with E-state index >= 15 is 0 Å². The lowest BCUT2D eigenvalue weighted by Gasteiger charge is -2.36. The molecule has 2 heterocycles. The fourth-order valence-corrected chi connectivity index (χ4v) is 3.13. The quantitative estimate of drug-likeness (QED) is 0.944. The first-order chi connectivity index (χ1) is 10.3. The first kappa shape index (κ1) is 14.5. The number of benzene rings is 1. The highest BCUT2D eigenvalue weighted by atomic mass is 35.5. The Hall–Kier alpha value is -1.42. The fraction of sp³-hybridized carbons (Fsp3) is 0.353. The number of nitrogens with zero attached hydrogens (tertiary/aromatic N) is 2. The normalized spacial score (nSPS) is 19.6. The van der Waals surface area contributed by atoms with Crippen molar-refractivity contribution in [2.75, 3.05) is 19.6 Å². The summed E-state index contributed by atoms with van der Waals surface area (Å²) in [7, 11) is 0. The number of pyridine rings is 1. The molecule has 0 spiro atoms. The SMILES string of the molecule is Cc1cccnc1CN1CCNCC1c1ccccc1Cl. The van der Waals surface area contributed by atoms with Crippen molar-refractivity contribution in [1.29, 1.82) is 0 Å². The molecule has 21 heavy (non-hydrogen) atoms. The molecule has 1 aliphatic rings. The molecule has 110 valence electrons. The second kappa shape index (κ2) is 6.56. The standard InChI is InChI=1S/C17H20ClN3/c1-13-5-4-8-20-16(13)12-21-10-9-19-11-17(21)14-6-2-3-7-15(14)18/h2-8,17,19H,9-12H2,1H3. The lowest BCUT2D eigenvalue weighted by atomic mass is 10.0. The maximum absolute atomic E-state index is 6.39. The van der Waals surface area contributed by atoms with E-state index in [0.29, 0.717) is 6.04 Å². The molecule has 3 nitrogen and oxygen atoms in total. The van der Waals surface area contributed by atoms with Gasteiger partial charge in [-0.2, -0.15) is 0 Å². The van der Waals surface area contributed by atoms with Crippen molar-refractivity contribution in [2.24, 2.45) is 0 Å². The summed E-state index contributed by atoms with van der Waals surface area (Å²) in [6.45, 7) is 5.92. The van der Waals surface area contributed by atoms with Crippen LogP contribution in [-0.2, 0) is 6.54 Å². The van der Waals surface area contributed by atoms with Crippen molar-refractivity contribution in [3.63, 3.8) is 0 Å².